The lowest BCUT2D eigenvalue weighted by Crippen LogP contribution is -2.35. The van der Waals surface area contributed by atoms with Gasteiger partial charge in [0.1, 0.15) is 5.82 Å². The van der Waals surface area contributed by atoms with E-state index >= 15 is 0 Å². The van der Waals surface area contributed by atoms with Crippen LogP contribution in [0, 0.1) is 11.7 Å². The van der Waals surface area contributed by atoms with Gasteiger partial charge >= 0.3 is 0 Å². The first-order valence-corrected chi connectivity index (χ1v) is 7.75. The van der Waals surface area contributed by atoms with Crippen LogP contribution in [0.25, 0.3) is 0 Å². The van der Waals surface area contributed by atoms with Crippen molar-refractivity contribution in [1.29, 1.82) is 0 Å². The van der Waals surface area contributed by atoms with Crippen LogP contribution >= 0.6 is 0 Å². The van der Waals surface area contributed by atoms with Gasteiger partial charge in [0.15, 0.2) is 0 Å². The van der Waals surface area contributed by atoms with Crippen LogP contribution in [0.4, 0.5) is 4.39 Å². The molecule has 0 radical (unpaired) electrons. The maximum absolute atomic E-state index is 14.0. The topological polar surface area (TPSA) is 24.5 Å². The van der Waals surface area contributed by atoms with Crippen LogP contribution < -0.4 is 5.32 Å². The second kappa shape index (κ2) is 9.87. The number of hydrogen-bond donors (Lipinski definition) is 1. The van der Waals surface area contributed by atoms with Gasteiger partial charge in [0.05, 0.1) is 0 Å². The zero-order valence-corrected chi connectivity index (χ0v) is 13.7. The molecular formula is C17H29FN2O. The molecule has 0 aliphatic heterocycles. The highest BCUT2D eigenvalue weighted by molar-refractivity contribution is 5.22. The maximum Gasteiger partial charge on any atom is 0.127 e. The molecule has 0 saturated heterocycles. The molecule has 0 heterocycles. The number of rotatable bonds is 10. The van der Waals surface area contributed by atoms with Gasteiger partial charge in [-0.2, -0.15) is 0 Å². The Morgan fingerprint density at radius 2 is 2.05 bits per heavy atom. The molecular weight excluding hydrogens is 267 g/mol. The van der Waals surface area contributed by atoms with Crippen LogP contribution in [0.2, 0.25) is 0 Å². The largest absolute Gasteiger partial charge is 0.385 e. The molecule has 0 saturated carbocycles. The molecule has 0 aliphatic rings. The first-order chi connectivity index (χ1) is 10.1. The van der Waals surface area contributed by atoms with Gasteiger partial charge < -0.3 is 15.0 Å². The van der Waals surface area contributed by atoms with E-state index in [4.69, 9.17) is 4.74 Å². The van der Waals surface area contributed by atoms with Crippen LogP contribution in [0.1, 0.15) is 31.9 Å². The van der Waals surface area contributed by atoms with Crippen molar-refractivity contribution in [3.63, 3.8) is 0 Å². The fourth-order valence-corrected chi connectivity index (χ4v) is 2.73. The number of benzene rings is 1. The Morgan fingerprint density at radius 1 is 1.33 bits per heavy atom. The molecule has 120 valence electrons. The summed E-state index contributed by atoms with van der Waals surface area (Å²) in [6.45, 7) is 7.76. The van der Waals surface area contributed by atoms with E-state index in [0.717, 1.165) is 38.2 Å². The minimum atomic E-state index is -0.127. The van der Waals surface area contributed by atoms with E-state index < -0.39 is 0 Å². The van der Waals surface area contributed by atoms with E-state index in [1.807, 2.05) is 12.1 Å². The lowest BCUT2D eigenvalue weighted by atomic mass is 9.93. The molecule has 4 heteroatoms. The average Bonchev–Trinajstić information content (AvgIpc) is 2.46. The number of nitrogens with zero attached hydrogens (tertiary/aromatic N) is 1. The Labute approximate surface area is 128 Å². The van der Waals surface area contributed by atoms with Gasteiger partial charge in [-0.25, -0.2) is 4.39 Å². The fourth-order valence-electron chi connectivity index (χ4n) is 2.73. The zero-order valence-electron chi connectivity index (χ0n) is 13.7. The monoisotopic (exact) mass is 296 g/mol. The zero-order chi connectivity index (χ0) is 15.7. The molecule has 21 heavy (non-hydrogen) atoms. The SMILES string of the molecule is CCNC(c1ccccc1F)C(C)CN(C)CCCOC. The Kier molecular flexibility index (Phi) is 8.50. The molecule has 2 atom stereocenters. The van der Waals surface area contributed by atoms with Gasteiger partial charge in [0, 0.05) is 38.4 Å². The third-order valence-corrected chi connectivity index (χ3v) is 3.72. The third kappa shape index (κ3) is 6.12. The first kappa shape index (κ1) is 18.1. The van der Waals surface area contributed by atoms with Crippen LogP contribution in [0.15, 0.2) is 24.3 Å². The normalized spacial score (nSPS) is 14.4. The maximum atomic E-state index is 14.0. The van der Waals surface area contributed by atoms with Gasteiger partial charge in [-0.1, -0.05) is 32.0 Å². The lowest BCUT2D eigenvalue weighted by molar-refractivity contribution is 0.171. The molecule has 0 spiro atoms. The summed E-state index contributed by atoms with van der Waals surface area (Å²) >= 11 is 0. The first-order valence-electron chi connectivity index (χ1n) is 7.75. The van der Waals surface area contributed by atoms with Crippen molar-refractivity contribution in [2.75, 3.05) is 40.4 Å². The van der Waals surface area contributed by atoms with Crippen LogP contribution in [-0.4, -0.2) is 45.3 Å². The minimum absolute atomic E-state index is 0.0427. The van der Waals surface area contributed by atoms with Crippen LogP contribution in [0.5, 0.6) is 0 Å². The highest BCUT2D eigenvalue weighted by Gasteiger charge is 2.22. The lowest BCUT2D eigenvalue weighted by Gasteiger charge is -2.29. The van der Waals surface area contributed by atoms with Crippen molar-refractivity contribution in [2.45, 2.75) is 26.3 Å². The van der Waals surface area contributed by atoms with Crippen LogP contribution in [0.3, 0.4) is 0 Å². The molecule has 0 aliphatic carbocycles. The predicted molar refractivity (Wildman–Crippen MR) is 86.0 cm³/mol. The van der Waals surface area contributed by atoms with E-state index in [1.165, 1.54) is 6.07 Å². The van der Waals surface area contributed by atoms with Gasteiger partial charge in [-0.15, -0.1) is 0 Å². The molecule has 1 rings (SSSR count). The molecule has 0 aromatic heterocycles. The Bertz CT molecular complexity index is 400. The molecule has 1 aromatic rings. The summed E-state index contributed by atoms with van der Waals surface area (Å²) in [5.74, 6) is 0.201. The van der Waals surface area contributed by atoms with Crippen LogP contribution in [-0.2, 0) is 4.74 Å². The summed E-state index contributed by atoms with van der Waals surface area (Å²) in [5.41, 5.74) is 0.761. The summed E-state index contributed by atoms with van der Waals surface area (Å²) in [4.78, 5) is 2.29. The van der Waals surface area contributed by atoms with E-state index in [0.29, 0.717) is 5.92 Å². The Balaban J connectivity index is 2.65. The number of hydrogen-bond acceptors (Lipinski definition) is 3. The Hall–Kier alpha value is -0.970. The second-order valence-electron chi connectivity index (χ2n) is 5.64. The van der Waals surface area contributed by atoms with Gasteiger partial charge in [-0.05, 0) is 32.0 Å². The van der Waals surface area contributed by atoms with Crippen molar-refractivity contribution >= 4 is 0 Å². The molecule has 0 bridgehead atoms. The highest BCUT2D eigenvalue weighted by atomic mass is 19.1. The number of nitrogens with one attached hydrogen (secondary N) is 1. The summed E-state index contributed by atoms with van der Waals surface area (Å²) < 4.78 is 19.1. The molecule has 0 fully saturated rings. The molecule has 0 amide bonds. The van der Waals surface area contributed by atoms with E-state index in [-0.39, 0.29) is 11.9 Å². The van der Waals surface area contributed by atoms with Crippen molar-refractivity contribution in [2.24, 2.45) is 5.92 Å². The van der Waals surface area contributed by atoms with Gasteiger partial charge in [0.2, 0.25) is 0 Å². The average molecular weight is 296 g/mol. The molecule has 2 unspecified atom stereocenters. The number of methoxy groups -OCH3 is 1. The summed E-state index contributed by atoms with van der Waals surface area (Å²) in [6.07, 6.45) is 1.02. The quantitative estimate of drug-likeness (QED) is 0.672. The minimum Gasteiger partial charge on any atom is -0.385 e. The van der Waals surface area contributed by atoms with Gasteiger partial charge in [-0.3, -0.25) is 0 Å². The highest BCUT2D eigenvalue weighted by Crippen LogP contribution is 2.25. The van der Waals surface area contributed by atoms with E-state index in [1.54, 1.807) is 13.2 Å². The third-order valence-electron chi connectivity index (χ3n) is 3.72. The van der Waals surface area contributed by atoms with Crippen molar-refractivity contribution < 1.29 is 9.13 Å². The van der Waals surface area contributed by atoms with Crippen molar-refractivity contribution in [3.05, 3.63) is 35.6 Å². The standard InChI is InChI=1S/C17H29FN2O/c1-5-19-17(15-9-6-7-10-16(15)18)14(2)13-20(3)11-8-12-21-4/h6-7,9-10,14,17,19H,5,8,11-13H2,1-4H3. The Morgan fingerprint density at radius 3 is 2.67 bits per heavy atom. The molecule has 1 aromatic carbocycles. The van der Waals surface area contributed by atoms with Gasteiger partial charge in [0.25, 0.3) is 0 Å². The van der Waals surface area contributed by atoms with E-state index in [2.05, 4.69) is 31.1 Å². The molecule has 1 N–H and O–H groups in total. The second-order valence-corrected chi connectivity index (χ2v) is 5.64. The predicted octanol–water partition coefficient (Wildman–Crippen LogP) is 3.08. The molecule has 3 nitrogen and oxygen atoms in total. The van der Waals surface area contributed by atoms with Crippen molar-refractivity contribution in [3.8, 4) is 0 Å². The smallest absolute Gasteiger partial charge is 0.127 e. The number of ether oxygens (including phenoxy) is 1. The van der Waals surface area contributed by atoms with Crippen molar-refractivity contribution in [1.82, 2.24) is 10.2 Å². The summed E-state index contributed by atoms with van der Waals surface area (Å²) in [5, 5.41) is 3.42. The fraction of sp³-hybridized carbons (Fsp3) is 0.647. The van der Waals surface area contributed by atoms with E-state index in [9.17, 15) is 4.39 Å². The summed E-state index contributed by atoms with van der Waals surface area (Å²) in [7, 11) is 3.83. The summed E-state index contributed by atoms with van der Waals surface area (Å²) in [6, 6.07) is 7.10. The number of halogens is 1.